The Bertz CT molecular complexity index is 1780. The molecule has 0 aliphatic carbocycles. The Hall–Kier alpha value is -4.76. The van der Waals surface area contributed by atoms with Crippen LogP contribution in [0.3, 0.4) is 0 Å². The zero-order valence-electron chi connectivity index (χ0n) is 19.0. The summed E-state index contributed by atoms with van der Waals surface area (Å²) in [6.07, 6.45) is 1.89. The first kappa shape index (κ1) is 19.7. The second kappa shape index (κ2) is 7.93. The highest BCUT2D eigenvalue weighted by atomic mass is 15.1. The SMILES string of the molecule is c1ccc(-c2cnnc(-c3ccccc3)c2-n2c3ccccc3c3ccc4ccccc4c32)cc1. The van der Waals surface area contributed by atoms with E-state index in [0.717, 1.165) is 33.6 Å². The summed E-state index contributed by atoms with van der Waals surface area (Å²) in [7, 11) is 0. The van der Waals surface area contributed by atoms with E-state index in [0.29, 0.717) is 0 Å². The maximum Gasteiger partial charge on any atom is 0.118 e. The van der Waals surface area contributed by atoms with Crippen LogP contribution in [0.1, 0.15) is 0 Å². The molecule has 0 unspecified atom stereocenters. The third-order valence-corrected chi connectivity index (χ3v) is 6.74. The van der Waals surface area contributed by atoms with Crippen molar-refractivity contribution in [1.82, 2.24) is 14.8 Å². The Balaban J connectivity index is 1.73. The molecule has 35 heavy (non-hydrogen) atoms. The lowest BCUT2D eigenvalue weighted by Crippen LogP contribution is -2.04. The number of para-hydroxylation sites is 1. The molecule has 0 radical (unpaired) electrons. The van der Waals surface area contributed by atoms with Crippen LogP contribution in [-0.4, -0.2) is 14.8 Å². The van der Waals surface area contributed by atoms with Crippen LogP contribution in [0.5, 0.6) is 0 Å². The third-order valence-electron chi connectivity index (χ3n) is 6.74. The smallest absolute Gasteiger partial charge is 0.118 e. The van der Waals surface area contributed by atoms with Crippen LogP contribution < -0.4 is 0 Å². The zero-order chi connectivity index (χ0) is 23.2. The van der Waals surface area contributed by atoms with E-state index in [1.165, 1.54) is 27.1 Å². The lowest BCUT2D eigenvalue weighted by molar-refractivity contribution is 1.01. The van der Waals surface area contributed by atoms with E-state index < -0.39 is 0 Å². The van der Waals surface area contributed by atoms with Gasteiger partial charge in [-0.15, -0.1) is 5.10 Å². The number of rotatable bonds is 3. The number of hydrogen-bond donors (Lipinski definition) is 0. The van der Waals surface area contributed by atoms with Crippen LogP contribution in [-0.2, 0) is 0 Å². The topological polar surface area (TPSA) is 30.7 Å². The van der Waals surface area contributed by atoms with E-state index in [2.05, 4.69) is 119 Å². The molecule has 3 heteroatoms. The van der Waals surface area contributed by atoms with Gasteiger partial charge in [-0.1, -0.05) is 115 Å². The highest BCUT2D eigenvalue weighted by Gasteiger charge is 2.22. The highest BCUT2D eigenvalue weighted by Crippen LogP contribution is 2.41. The molecular weight excluding hydrogens is 426 g/mol. The molecule has 2 aromatic heterocycles. The summed E-state index contributed by atoms with van der Waals surface area (Å²) in [5.41, 5.74) is 7.45. The molecule has 0 aliphatic heterocycles. The Morgan fingerprint density at radius 2 is 1.17 bits per heavy atom. The molecule has 0 bridgehead atoms. The molecule has 2 heterocycles. The van der Waals surface area contributed by atoms with Crippen LogP contribution in [0.25, 0.3) is 60.6 Å². The van der Waals surface area contributed by atoms with E-state index in [9.17, 15) is 0 Å². The van der Waals surface area contributed by atoms with Gasteiger partial charge in [0.25, 0.3) is 0 Å². The minimum atomic E-state index is 0.863. The lowest BCUT2D eigenvalue weighted by Gasteiger charge is -2.18. The Morgan fingerprint density at radius 1 is 0.514 bits per heavy atom. The van der Waals surface area contributed by atoms with Crippen molar-refractivity contribution in [2.75, 3.05) is 0 Å². The predicted molar refractivity (Wildman–Crippen MR) is 145 cm³/mol. The van der Waals surface area contributed by atoms with Crippen molar-refractivity contribution >= 4 is 32.6 Å². The first-order valence-corrected chi connectivity index (χ1v) is 11.8. The molecule has 0 amide bonds. The fourth-order valence-corrected chi connectivity index (χ4v) is 5.19. The molecule has 164 valence electrons. The summed E-state index contributed by atoms with van der Waals surface area (Å²) in [5, 5.41) is 14.1. The van der Waals surface area contributed by atoms with Gasteiger partial charge in [0.05, 0.1) is 22.9 Å². The second-order valence-electron chi connectivity index (χ2n) is 8.72. The van der Waals surface area contributed by atoms with Gasteiger partial charge in [-0.3, -0.25) is 0 Å². The van der Waals surface area contributed by atoms with E-state index in [4.69, 9.17) is 5.10 Å². The maximum absolute atomic E-state index is 4.71. The van der Waals surface area contributed by atoms with Crippen LogP contribution >= 0.6 is 0 Å². The normalized spacial score (nSPS) is 11.4. The highest BCUT2D eigenvalue weighted by molar-refractivity contribution is 6.19. The molecule has 5 aromatic carbocycles. The van der Waals surface area contributed by atoms with E-state index in [1.54, 1.807) is 0 Å². The summed E-state index contributed by atoms with van der Waals surface area (Å²) in [6, 6.07) is 42.5. The van der Waals surface area contributed by atoms with Gasteiger partial charge in [-0.2, -0.15) is 5.10 Å². The predicted octanol–water partition coefficient (Wildman–Crippen LogP) is 8.06. The van der Waals surface area contributed by atoms with E-state index in [-0.39, 0.29) is 0 Å². The van der Waals surface area contributed by atoms with E-state index in [1.807, 2.05) is 18.3 Å². The average Bonchev–Trinajstić information content (AvgIpc) is 3.28. The molecule has 0 fully saturated rings. The second-order valence-corrected chi connectivity index (χ2v) is 8.72. The van der Waals surface area contributed by atoms with Crippen molar-refractivity contribution in [3.63, 3.8) is 0 Å². The summed E-state index contributed by atoms with van der Waals surface area (Å²) < 4.78 is 2.40. The quantitative estimate of drug-likeness (QED) is 0.274. The fraction of sp³-hybridized carbons (Fsp3) is 0. The van der Waals surface area contributed by atoms with Crippen molar-refractivity contribution < 1.29 is 0 Å². The first-order valence-electron chi connectivity index (χ1n) is 11.8. The molecule has 7 aromatic rings. The van der Waals surface area contributed by atoms with Gasteiger partial charge < -0.3 is 4.57 Å². The van der Waals surface area contributed by atoms with E-state index >= 15 is 0 Å². The molecular formula is C32H21N3. The number of nitrogens with zero attached hydrogens (tertiary/aromatic N) is 3. The number of fused-ring (bicyclic) bond motifs is 5. The summed E-state index contributed by atoms with van der Waals surface area (Å²) in [4.78, 5) is 0. The fourth-order valence-electron chi connectivity index (χ4n) is 5.19. The number of aromatic nitrogens is 3. The van der Waals surface area contributed by atoms with Gasteiger partial charge >= 0.3 is 0 Å². The summed E-state index contributed by atoms with van der Waals surface area (Å²) in [6.45, 7) is 0. The standard InChI is InChI=1S/C32H21N3/c1-3-11-22(12-4-1)28-21-33-34-30(24-14-5-2-6-15-24)32(28)35-29-18-10-9-17-26(29)27-20-19-23-13-7-8-16-25(23)31(27)35/h1-21H. The Kier molecular flexibility index (Phi) is 4.46. The van der Waals surface area contributed by atoms with Gasteiger partial charge in [0.1, 0.15) is 5.69 Å². The minimum Gasteiger partial charge on any atom is -0.306 e. The Labute approximate surface area is 202 Å². The summed E-state index contributed by atoms with van der Waals surface area (Å²) in [5.74, 6) is 0. The van der Waals surface area contributed by atoms with Gasteiger partial charge in [0, 0.05) is 27.3 Å². The molecule has 0 spiro atoms. The first-order chi connectivity index (χ1) is 17.4. The summed E-state index contributed by atoms with van der Waals surface area (Å²) >= 11 is 0. The zero-order valence-corrected chi connectivity index (χ0v) is 19.0. The lowest BCUT2D eigenvalue weighted by atomic mass is 10.0. The molecule has 0 saturated heterocycles. The molecule has 0 atom stereocenters. The van der Waals surface area contributed by atoms with Crippen molar-refractivity contribution in [2.24, 2.45) is 0 Å². The van der Waals surface area contributed by atoms with Crippen LogP contribution in [0.15, 0.2) is 128 Å². The van der Waals surface area contributed by atoms with Gasteiger partial charge in [0.2, 0.25) is 0 Å². The molecule has 7 rings (SSSR count). The number of hydrogen-bond acceptors (Lipinski definition) is 2. The Morgan fingerprint density at radius 3 is 1.97 bits per heavy atom. The average molecular weight is 448 g/mol. The monoisotopic (exact) mass is 447 g/mol. The van der Waals surface area contributed by atoms with Crippen LogP contribution in [0, 0.1) is 0 Å². The largest absolute Gasteiger partial charge is 0.306 e. The minimum absolute atomic E-state index is 0.863. The molecule has 0 saturated carbocycles. The van der Waals surface area contributed by atoms with Crippen molar-refractivity contribution in [3.8, 4) is 28.1 Å². The molecule has 3 nitrogen and oxygen atoms in total. The van der Waals surface area contributed by atoms with Gasteiger partial charge in [-0.25, -0.2) is 0 Å². The van der Waals surface area contributed by atoms with Crippen molar-refractivity contribution in [3.05, 3.63) is 128 Å². The maximum atomic E-state index is 4.71. The molecule has 0 aliphatic rings. The van der Waals surface area contributed by atoms with Crippen molar-refractivity contribution in [1.29, 1.82) is 0 Å². The van der Waals surface area contributed by atoms with Crippen molar-refractivity contribution in [2.45, 2.75) is 0 Å². The molecule has 0 N–H and O–H groups in total. The van der Waals surface area contributed by atoms with Crippen LogP contribution in [0.2, 0.25) is 0 Å². The number of benzene rings is 5. The third kappa shape index (κ3) is 3.06. The van der Waals surface area contributed by atoms with Gasteiger partial charge in [0.15, 0.2) is 0 Å². The van der Waals surface area contributed by atoms with Crippen LogP contribution in [0.4, 0.5) is 0 Å². The van der Waals surface area contributed by atoms with Gasteiger partial charge in [-0.05, 0) is 17.0 Å².